The molecule has 9 heteroatoms. The fourth-order valence-electron chi connectivity index (χ4n) is 5.24. The molecular formula is C22H32F3N5O. The van der Waals surface area contributed by atoms with Crippen LogP contribution in [-0.2, 0) is 11.0 Å². The molecule has 4 rings (SSSR count). The highest BCUT2D eigenvalue weighted by Gasteiger charge is 2.38. The van der Waals surface area contributed by atoms with Crippen molar-refractivity contribution in [3.05, 3.63) is 23.9 Å². The van der Waals surface area contributed by atoms with Gasteiger partial charge in [0.1, 0.15) is 5.82 Å². The Morgan fingerprint density at radius 1 is 1.03 bits per heavy atom. The molecule has 3 saturated heterocycles. The number of nitrogens with zero attached hydrogens (tertiary/aromatic N) is 5. The van der Waals surface area contributed by atoms with Crippen molar-refractivity contribution in [1.82, 2.24) is 19.7 Å². The molecule has 3 aliphatic heterocycles. The highest BCUT2D eigenvalue weighted by molar-refractivity contribution is 5.80. The minimum Gasteiger partial charge on any atom is -0.355 e. The number of likely N-dealkylation sites (tertiary alicyclic amines) is 1. The molecule has 0 radical (unpaired) electrons. The Labute approximate surface area is 182 Å². The molecule has 0 saturated carbocycles. The van der Waals surface area contributed by atoms with E-state index in [2.05, 4.69) is 21.8 Å². The maximum Gasteiger partial charge on any atom is 0.419 e. The predicted octanol–water partition coefficient (Wildman–Crippen LogP) is 2.56. The standard InChI is InChI=1S/C22H32F3N5O/c1-27-9-4-6-18(16-27)28-11-13-29(14-12-28)21(31)17-5-3-10-30(15-17)20-19(22(23,24)25)7-2-8-26-20/h2,7-8,17-18H,3-6,9-16H2,1H3. The summed E-state index contributed by atoms with van der Waals surface area (Å²) in [4.78, 5) is 25.6. The minimum atomic E-state index is -4.45. The molecule has 2 atom stereocenters. The van der Waals surface area contributed by atoms with Crippen molar-refractivity contribution >= 4 is 11.7 Å². The topological polar surface area (TPSA) is 42.9 Å². The summed E-state index contributed by atoms with van der Waals surface area (Å²) < 4.78 is 40.2. The molecule has 0 bridgehead atoms. The number of rotatable bonds is 3. The minimum absolute atomic E-state index is 0.0567. The van der Waals surface area contributed by atoms with Crippen LogP contribution in [0.2, 0.25) is 0 Å². The van der Waals surface area contributed by atoms with Crippen LogP contribution in [-0.4, -0.2) is 91.0 Å². The van der Waals surface area contributed by atoms with Crippen LogP contribution < -0.4 is 4.90 Å². The number of aromatic nitrogens is 1. The molecule has 0 spiro atoms. The van der Waals surface area contributed by atoms with E-state index in [1.807, 2.05) is 4.90 Å². The van der Waals surface area contributed by atoms with E-state index in [4.69, 9.17) is 0 Å². The Kier molecular flexibility index (Phi) is 6.71. The summed E-state index contributed by atoms with van der Waals surface area (Å²) in [7, 11) is 2.16. The van der Waals surface area contributed by atoms with Crippen molar-refractivity contribution in [3.8, 4) is 0 Å². The van der Waals surface area contributed by atoms with Crippen molar-refractivity contribution < 1.29 is 18.0 Å². The lowest BCUT2D eigenvalue weighted by Gasteiger charge is -2.44. The van der Waals surface area contributed by atoms with E-state index in [0.29, 0.717) is 38.6 Å². The maximum absolute atomic E-state index is 13.4. The number of carbonyl (C=O) groups is 1. The van der Waals surface area contributed by atoms with Gasteiger partial charge in [0.25, 0.3) is 0 Å². The van der Waals surface area contributed by atoms with Crippen LogP contribution in [0.5, 0.6) is 0 Å². The number of carbonyl (C=O) groups excluding carboxylic acids is 1. The van der Waals surface area contributed by atoms with Crippen LogP contribution in [0, 0.1) is 5.92 Å². The number of anilines is 1. The zero-order chi connectivity index (χ0) is 22.0. The van der Waals surface area contributed by atoms with Gasteiger partial charge in [0.05, 0.1) is 11.5 Å². The van der Waals surface area contributed by atoms with Crippen molar-refractivity contribution in [2.45, 2.75) is 37.9 Å². The molecule has 0 N–H and O–H groups in total. The number of piperazine rings is 1. The first kappa shape index (κ1) is 22.3. The largest absolute Gasteiger partial charge is 0.419 e. The van der Waals surface area contributed by atoms with Crippen LogP contribution in [0.4, 0.5) is 19.0 Å². The van der Waals surface area contributed by atoms with Crippen LogP contribution >= 0.6 is 0 Å². The quantitative estimate of drug-likeness (QED) is 0.724. The lowest BCUT2D eigenvalue weighted by Crippen LogP contribution is -2.57. The molecule has 2 unspecified atom stereocenters. The molecule has 172 valence electrons. The number of amides is 1. The number of alkyl halides is 3. The number of piperidine rings is 2. The highest BCUT2D eigenvalue weighted by Crippen LogP contribution is 2.36. The predicted molar refractivity (Wildman–Crippen MR) is 113 cm³/mol. The number of likely N-dealkylation sites (N-methyl/N-ethyl adjacent to an activating group) is 1. The molecular weight excluding hydrogens is 407 g/mol. The van der Waals surface area contributed by atoms with E-state index in [1.165, 1.54) is 25.1 Å². The van der Waals surface area contributed by atoms with Gasteiger partial charge in [-0.25, -0.2) is 4.98 Å². The lowest BCUT2D eigenvalue weighted by atomic mass is 9.95. The summed E-state index contributed by atoms with van der Waals surface area (Å²) in [5.74, 6) is -0.252. The van der Waals surface area contributed by atoms with Crippen molar-refractivity contribution in [1.29, 1.82) is 0 Å². The monoisotopic (exact) mass is 439 g/mol. The molecule has 6 nitrogen and oxygen atoms in total. The third kappa shape index (κ3) is 5.14. The summed E-state index contributed by atoms with van der Waals surface area (Å²) in [6, 6.07) is 2.93. The second-order valence-electron chi connectivity index (χ2n) is 9.08. The van der Waals surface area contributed by atoms with Gasteiger partial charge in [0.15, 0.2) is 0 Å². The van der Waals surface area contributed by atoms with Gasteiger partial charge in [-0.1, -0.05) is 0 Å². The fraction of sp³-hybridized carbons (Fsp3) is 0.727. The van der Waals surface area contributed by atoms with Gasteiger partial charge >= 0.3 is 6.18 Å². The Bertz CT molecular complexity index is 766. The Morgan fingerprint density at radius 2 is 1.77 bits per heavy atom. The fourth-order valence-corrected chi connectivity index (χ4v) is 5.24. The van der Waals surface area contributed by atoms with E-state index in [1.54, 1.807) is 4.90 Å². The van der Waals surface area contributed by atoms with E-state index < -0.39 is 11.7 Å². The van der Waals surface area contributed by atoms with Crippen molar-refractivity contribution in [2.24, 2.45) is 5.92 Å². The summed E-state index contributed by atoms with van der Waals surface area (Å²) in [5, 5.41) is 0. The average Bonchev–Trinajstić information content (AvgIpc) is 2.78. The first-order valence-electron chi connectivity index (χ1n) is 11.3. The molecule has 0 aromatic carbocycles. The van der Waals surface area contributed by atoms with Crippen LogP contribution in [0.15, 0.2) is 18.3 Å². The highest BCUT2D eigenvalue weighted by atomic mass is 19.4. The average molecular weight is 440 g/mol. The number of pyridine rings is 1. The van der Waals surface area contributed by atoms with E-state index in [9.17, 15) is 18.0 Å². The Balaban J connectivity index is 1.36. The van der Waals surface area contributed by atoms with Crippen LogP contribution in [0.25, 0.3) is 0 Å². The molecule has 3 aliphatic rings. The summed E-state index contributed by atoms with van der Waals surface area (Å²) in [6.45, 7) is 6.17. The second kappa shape index (κ2) is 9.32. The third-order valence-electron chi connectivity index (χ3n) is 6.90. The lowest BCUT2D eigenvalue weighted by molar-refractivity contribution is -0.138. The van der Waals surface area contributed by atoms with Crippen molar-refractivity contribution in [2.75, 3.05) is 64.3 Å². The molecule has 31 heavy (non-hydrogen) atoms. The molecule has 4 heterocycles. The Hall–Kier alpha value is -1.87. The van der Waals surface area contributed by atoms with Gasteiger partial charge in [0.2, 0.25) is 5.91 Å². The van der Waals surface area contributed by atoms with E-state index >= 15 is 0 Å². The first-order valence-corrected chi connectivity index (χ1v) is 11.3. The third-order valence-corrected chi connectivity index (χ3v) is 6.90. The van der Waals surface area contributed by atoms with E-state index in [0.717, 1.165) is 38.7 Å². The molecule has 1 amide bonds. The van der Waals surface area contributed by atoms with Gasteiger partial charge in [-0.3, -0.25) is 9.69 Å². The van der Waals surface area contributed by atoms with Crippen LogP contribution in [0.1, 0.15) is 31.2 Å². The summed E-state index contributed by atoms with van der Waals surface area (Å²) in [6.07, 6.45) is 0.769. The summed E-state index contributed by atoms with van der Waals surface area (Å²) >= 11 is 0. The molecule has 0 aliphatic carbocycles. The Morgan fingerprint density at radius 3 is 2.48 bits per heavy atom. The van der Waals surface area contributed by atoms with Gasteiger partial charge in [0, 0.05) is 58.1 Å². The smallest absolute Gasteiger partial charge is 0.355 e. The number of halogens is 3. The van der Waals surface area contributed by atoms with Gasteiger partial charge in [-0.05, 0) is 51.4 Å². The molecule has 1 aromatic rings. The van der Waals surface area contributed by atoms with Gasteiger partial charge in [-0.2, -0.15) is 13.2 Å². The number of hydrogen-bond acceptors (Lipinski definition) is 5. The normalized spacial score (nSPS) is 26.8. The van der Waals surface area contributed by atoms with Crippen LogP contribution in [0.3, 0.4) is 0 Å². The SMILES string of the molecule is CN1CCCC(N2CCN(C(=O)C3CCCN(c4ncccc4C(F)(F)F)C3)CC2)C1. The summed E-state index contributed by atoms with van der Waals surface area (Å²) in [5.41, 5.74) is -0.728. The van der Waals surface area contributed by atoms with E-state index in [-0.39, 0.29) is 17.6 Å². The second-order valence-corrected chi connectivity index (χ2v) is 9.08. The number of hydrogen-bond donors (Lipinski definition) is 0. The molecule has 1 aromatic heterocycles. The maximum atomic E-state index is 13.4. The molecule has 3 fully saturated rings. The van der Waals surface area contributed by atoms with Crippen molar-refractivity contribution in [3.63, 3.8) is 0 Å². The van der Waals surface area contributed by atoms with Gasteiger partial charge < -0.3 is 14.7 Å². The van der Waals surface area contributed by atoms with Gasteiger partial charge in [-0.15, -0.1) is 0 Å². The first-order chi connectivity index (χ1) is 14.8. The zero-order valence-electron chi connectivity index (χ0n) is 18.2. The zero-order valence-corrected chi connectivity index (χ0v) is 18.2.